The highest BCUT2D eigenvalue weighted by Crippen LogP contribution is 2.21. The Morgan fingerprint density at radius 2 is 1.90 bits per heavy atom. The minimum atomic E-state index is 0.0610. The Balaban J connectivity index is 2.29. The van der Waals surface area contributed by atoms with Crippen LogP contribution in [0.3, 0.4) is 0 Å². The number of aliphatic hydroxyl groups excluding tert-OH is 1. The third-order valence-corrected chi connectivity index (χ3v) is 3.32. The summed E-state index contributed by atoms with van der Waals surface area (Å²) in [5.74, 6) is 1.67. The van der Waals surface area contributed by atoms with E-state index in [4.69, 9.17) is 11.6 Å². The fourth-order valence-corrected chi connectivity index (χ4v) is 2.23. The highest BCUT2D eigenvalue weighted by atomic mass is 35.5. The molecule has 0 atom stereocenters. The Morgan fingerprint density at radius 3 is 2.52 bits per heavy atom. The van der Waals surface area contributed by atoms with Crippen LogP contribution in [-0.2, 0) is 6.54 Å². The van der Waals surface area contributed by atoms with Gasteiger partial charge in [-0.1, -0.05) is 55.8 Å². The summed E-state index contributed by atoms with van der Waals surface area (Å²) < 4.78 is 0. The third kappa shape index (κ3) is 4.41. The van der Waals surface area contributed by atoms with Crippen LogP contribution in [0.5, 0.6) is 0 Å². The number of aliphatic hydroxyl groups is 1. The average molecular weight is 306 g/mol. The third-order valence-electron chi connectivity index (χ3n) is 3.13. The van der Waals surface area contributed by atoms with Crippen molar-refractivity contribution in [2.45, 2.75) is 26.3 Å². The zero-order chi connectivity index (χ0) is 15.2. The van der Waals surface area contributed by atoms with Crippen LogP contribution in [-0.4, -0.2) is 28.2 Å². The zero-order valence-electron chi connectivity index (χ0n) is 12.3. The molecule has 1 aromatic carbocycles. The fourth-order valence-electron chi connectivity index (χ4n) is 2.04. The van der Waals surface area contributed by atoms with E-state index in [1.165, 1.54) is 0 Å². The van der Waals surface area contributed by atoms with E-state index in [2.05, 4.69) is 22.1 Å². The number of hydrogen-bond acceptors (Lipinski definition) is 4. The van der Waals surface area contributed by atoms with Crippen LogP contribution in [0.2, 0.25) is 5.15 Å². The molecule has 0 bridgehead atoms. The van der Waals surface area contributed by atoms with Crippen molar-refractivity contribution in [2.24, 2.45) is 0 Å². The van der Waals surface area contributed by atoms with Gasteiger partial charge in [0, 0.05) is 25.1 Å². The van der Waals surface area contributed by atoms with E-state index in [1.807, 2.05) is 36.9 Å². The molecule has 0 unspecified atom stereocenters. The SMILES string of the molecule is CC(C)c1nc(Cl)cc(N(CCO)Cc2ccccc2)n1. The van der Waals surface area contributed by atoms with Crippen LogP contribution in [0.4, 0.5) is 5.82 Å². The summed E-state index contributed by atoms with van der Waals surface area (Å²) in [4.78, 5) is 10.8. The molecule has 2 rings (SSSR count). The van der Waals surface area contributed by atoms with Gasteiger partial charge in [0.1, 0.15) is 16.8 Å². The lowest BCUT2D eigenvalue weighted by atomic mass is 10.2. The second-order valence-corrected chi connectivity index (χ2v) is 5.58. The molecule has 0 spiro atoms. The molecular formula is C16H20ClN3O. The Morgan fingerprint density at radius 1 is 1.19 bits per heavy atom. The van der Waals surface area contributed by atoms with Crippen LogP contribution >= 0.6 is 11.6 Å². The molecule has 0 saturated carbocycles. The number of rotatable bonds is 6. The van der Waals surface area contributed by atoms with Crippen LogP contribution in [0.15, 0.2) is 36.4 Å². The first-order chi connectivity index (χ1) is 10.1. The molecule has 0 saturated heterocycles. The second kappa shape index (κ2) is 7.38. The van der Waals surface area contributed by atoms with Crippen molar-refractivity contribution in [3.05, 3.63) is 52.9 Å². The standard InChI is InChI=1S/C16H20ClN3O/c1-12(2)16-18-14(17)10-15(19-16)20(8-9-21)11-13-6-4-3-5-7-13/h3-7,10,12,21H,8-9,11H2,1-2H3. The number of hydrogen-bond donors (Lipinski definition) is 1. The predicted molar refractivity (Wildman–Crippen MR) is 85.7 cm³/mol. The first-order valence-electron chi connectivity index (χ1n) is 7.04. The molecular weight excluding hydrogens is 286 g/mol. The quantitative estimate of drug-likeness (QED) is 0.832. The summed E-state index contributed by atoms with van der Waals surface area (Å²) >= 11 is 6.10. The minimum Gasteiger partial charge on any atom is -0.395 e. The lowest BCUT2D eigenvalue weighted by Gasteiger charge is -2.24. The first-order valence-corrected chi connectivity index (χ1v) is 7.42. The summed E-state index contributed by atoms with van der Waals surface area (Å²) in [7, 11) is 0. The largest absolute Gasteiger partial charge is 0.395 e. The molecule has 21 heavy (non-hydrogen) atoms. The molecule has 0 amide bonds. The predicted octanol–water partition coefficient (Wildman–Crippen LogP) is 3.25. The number of anilines is 1. The summed E-state index contributed by atoms with van der Waals surface area (Å²) in [6.07, 6.45) is 0. The Hall–Kier alpha value is -1.65. The van der Waals surface area contributed by atoms with Crippen molar-refractivity contribution in [3.63, 3.8) is 0 Å². The lowest BCUT2D eigenvalue weighted by molar-refractivity contribution is 0.301. The van der Waals surface area contributed by atoms with Crippen LogP contribution < -0.4 is 4.90 Å². The van der Waals surface area contributed by atoms with Gasteiger partial charge in [-0.05, 0) is 5.56 Å². The van der Waals surface area contributed by atoms with Gasteiger partial charge in [0.2, 0.25) is 0 Å². The van der Waals surface area contributed by atoms with E-state index in [0.29, 0.717) is 24.1 Å². The van der Waals surface area contributed by atoms with Crippen LogP contribution in [0, 0.1) is 0 Å². The zero-order valence-corrected chi connectivity index (χ0v) is 13.1. The Bertz CT molecular complexity index is 575. The number of benzene rings is 1. The van der Waals surface area contributed by atoms with Gasteiger partial charge in [0.15, 0.2) is 0 Å². The maximum Gasteiger partial charge on any atom is 0.135 e. The van der Waals surface area contributed by atoms with Gasteiger partial charge in [-0.3, -0.25) is 0 Å². The van der Waals surface area contributed by atoms with E-state index in [1.54, 1.807) is 6.07 Å². The summed E-state index contributed by atoms with van der Waals surface area (Å²) in [5, 5.41) is 9.74. The van der Waals surface area contributed by atoms with Crippen molar-refractivity contribution in [1.82, 2.24) is 9.97 Å². The van der Waals surface area contributed by atoms with Gasteiger partial charge in [0.05, 0.1) is 6.61 Å². The van der Waals surface area contributed by atoms with Gasteiger partial charge < -0.3 is 10.0 Å². The molecule has 1 N–H and O–H groups in total. The van der Waals surface area contributed by atoms with Gasteiger partial charge in [0.25, 0.3) is 0 Å². The molecule has 5 heteroatoms. The average Bonchev–Trinajstić information content (AvgIpc) is 2.47. The maximum atomic E-state index is 9.31. The van der Waals surface area contributed by atoms with Crippen molar-refractivity contribution < 1.29 is 5.11 Å². The number of aromatic nitrogens is 2. The molecule has 1 heterocycles. The monoisotopic (exact) mass is 305 g/mol. The van der Waals surface area contributed by atoms with Gasteiger partial charge >= 0.3 is 0 Å². The van der Waals surface area contributed by atoms with Crippen LogP contribution in [0.1, 0.15) is 31.2 Å². The summed E-state index contributed by atoms with van der Waals surface area (Å²) in [6, 6.07) is 11.8. The van der Waals surface area contributed by atoms with Crippen molar-refractivity contribution in [3.8, 4) is 0 Å². The molecule has 0 aliphatic rings. The topological polar surface area (TPSA) is 49.2 Å². The molecule has 0 radical (unpaired) electrons. The Labute approximate surface area is 130 Å². The van der Waals surface area contributed by atoms with Gasteiger partial charge in [-0.25, -0.2) is 9.97 Å². The minimum absolute atomic E-state index is 0.0610. The van der Waals surface area contributed by atoms with E-state index in [-0.39, 0.29) is 12.5 Å². The van der Waals surface area contributed by atoms with Gasteiger partial charge in [-0.2, -0.15) is 0 Å². The highest BCUT2D eigenvalue weighted by Gasteiger charge is 2.13. The maximum absolute atomic E-state index is 9.31. The fraction of sp³-hybridized carbons (Fsp3) is 0.375. The number of halogens is 1. The van der Waals surface area contributed by atoms with E-state index < -0.39 is 0 Å². The Kier molecular flexibility index (Phi) is 5.53. The van der Waals surface area contributed by atoms with Gasteiger partial charge in [-0.15, -0.1) is 0 Å². The van der Waals surface area contributed by atoms with E-state index in [9.17, 15) is 5.11 Å². The smallest absolute Gasteiger partial charge is 0.135 e. The van der Waals surface area contributed by atoms with Crippen LogP contribution in [0.25, 0.3) is 0 Å². The van der Waals surface area contributed by atoms with Crippen molar-refractivity contribution in [1.29, 1.82) is 0 Å². The van der Waals surface area contributed by atoms with Crippen molar-refractivity contribution >= 4 is 17.4 Å². The molecule has 0 fully saturated rings. The molecule has 0 aliphatic heterocycles. The van der Waals surface area contributed by atoms with Crippen molar-refractivity contribution in [2.75, 3.05) is 18.1 Å². The van der Waals surface area contributed by atoms with E-state index >= 15 is 0 Å². The van der Waals surface area contributed by atoms with E-state index in [0.717, 1.165) is 11.4 Å². The molecule has 0 aliphatic carbocycles. The first kappa shape index (κ1) is 15.7. The highest BCUT2D eigenvalue weighted by molar-refractivity contribution is 6.29. The molecule has 2 aromatic rings. The molecule has 112 valence electrons. The lowest BCUT2D eigenvalue weighted by Crippen LogP contribution is -2.27. The number of nitrogens with zero attached hydrogens (tertiary/aromatic N) is 3. The molecule has 4 nitrogen and oxygen atoms in total. The molecule has 1 aromatic heterocycles. The summed E-state index contributed by atoms with van der Waals surface area (Å²) in [5.41, 5.74) is 1.16. The second-order valence-electron chi connectivity index (χ2n) is 5.19. The summed E-state index contributed by atoms with van der Waals surface area (Å²) in [6.45, 7) is 5.30. The normalized spacial score (nSPS) is 10.9.